The van der Waals surface area contributed by atoms with Gasteiger partial charge in [-0.25, -0.2) is 0 Å². The number of likely N-dealkylation sites (tertiary alicyclic amines) is 1. The van der Waals surface area contributed by atoms with Crippen molar-refractivity contribution in [3.63, 3.8) is 0 Å². The Kier molecular flexibility index (Phi) is 5.77. The van der Waals surface area contributed by atoms with Crippen molar-refractivity contribution in [2.75, 3.05) is 19.7 Å². The number of piperidine rings is 1. The predicted molar refractivity (Wildman–Crippen MR) is 63.9 cm³/mol. The van der Waals surface area contributed by atoms with E-state index in [1.165, 1.54) is 6.42 Å². The molecule has 0 radical (unpaired) electrons. The zero-order valence-electron chi connectivity index (χ0n) is 10.2. The van der Waals surface area contributed by atoms with Gasteiger partial charge in [-0.05, 0) is 38.1 Å². The predicted octanol–water partition coefficient (Wildman–Crippen LogP) is 0.735. The summed E-state index contributed by atoms with van der Waals surface area (Å²) < 4.78 is 0. The molecule has 1 aliphatic heterocycles. The van der Waals surface area contributed by atoms with Crippen molar-refractivity contribution >= 4 is 5.91 Å². The lowest BCUT2D eigenvalue weighted by Gasteiger charge is -2.36. The fourth-order valence-electron chi connectivity index (χ4n) is 2.28. The first kappa shape index (κ1) is 13.5. The van der Waals surface area contributed by atoms with Crippen LogP contribution >= 0.6 is 0 Å². The second kappa shape index (κ2) is 6.86. The van der Waals surface area contributed by atoms with Gasteiger partial charge < -0.3 is 15.7 Å². The van der Waals surface area contributed by atoms with Gasteiger partial charge in [0.05, 0.1) is 0 Å². The first-order valence-electron chi connectivity index (χ1n) is 6.29. The molecule has 1 amide bonds. The first-order chi connectivity index (χ1) is 7.69. The molecule has 0 aromatic heterocycles. The highest BCUT2D eigenvalue weighted by Crippen LogP contribution is 2.21. The summed E-state index contributed by atoms with van der Waals surface area (Å²) >= 11 is 0. The maximum Gasteiger partial charge on any atom is 0.223 e. The van der Waals surface area contributed by atoms with E-state index in [0.717, 1.165) is 19.4 Å². The van der Waals surface area contributed by atoms with Gasteiger partial charge in [0.1, 0.15) is 0 Å². The van der Waals surface area contributed by atoms with E-state index < -0.39 is 0 Å². The molecule has 1 rings (SSSR count). The van der Waals surface area contributed by atoms with Crippen molar-refractivity contribution in [3.05, 3.63) is 0 Å². The van der Waals surface area contributed by atoms with E-state index in [1.807, 2.05) is 11.8 Å². The van der Waals surface area contributed by atoms with Crippen molar-refractivity contribution in [2.45, 2.75) is 45.1 Å². The Morgan fingerprint density at radius 3 is 2.94 bits per heavy atom. The lowest BCUT2D eigenvalue weighted by Crippen LogP contribution is -2.44. The zero-order valence-corrected chi connectivity index (χ0v) is 10.2. The highest BCUT2D eigenvalue weighted by atomic mass is 16.3. The van der Waals surface area contributed by atoms with Gasteiger partial charge in [0.25, 0.3) is 0 Å². The maximum atomic E-state index is 12.0. The van der Waals surface area contributed by atoms with Crippen LogP contribution in [0.3, 0.4) is 0 Å². The lowest BCUT2D eigenvalue weighted by atomic mass is 9.98. The Balaban J connectivity index is 2.50. The molecular weight excluding hydrogens is 204 g/mol. The highest BCUT2D eigenvalue weighted by Gasteiger charge is 2.26. The molecule has 0 aromatic rings. The number of rotatable bonds is 5. The molecule has 16 heavy (non-hydrogen) atoms. The summed E-state index contributed by atoms with van der Waals surface area (Å²) in [5, 5.41) is 8.99. The standard InChI is InChI=1S/C12H24N2O2/c1-10(9-13)8-12(16)14-6-3-2-4-11(14)5-7-15/h10-11,15H,2-9,13H2,1H3. The van der Waals surface area contributed by atoms with E-state index in [9.17, 15) is 4.79 Å². The molecule has 94 valence electrons. The molecular formula is C12H24N2O2. The molecule has 1 heterocycles. The molecule has 0 spiro atoms. The van der Waals surface area contributed by atoms with Crippen molar-refractivity contribution in [2.24, 2.45) is 11.7 Å². The molecule has 4 heteroatoms. The number of amides is 1. The molecule has 1 fully saturated rings. The average Bonchev–Trinajstić information content (AvgIpc) is 2.30. The van der Waals surface area contributed by atoms with E-state index in [-0.39, 0.29) is 24.5 Å². The normalized spacial score (nSPS) is 23.2. The Morgan fingerprint density at radius 1 is 1.56 bits per heavy atom. The summed E-state index contributed by atoms with van der Waals surface area (Å²) in [6, 6.07) is 0.247. The van der Waals surface area contributed by atoms with E-state index in [4.69, 9.17) is 10.8 Å². The third kappa shape index (κ3) is 3.76. The minimum absolute atomic E-state index is 0.168. The van der Waals surface area contributed by atoms with Crippen LogP contribution in [-0.2, 0) is 4.79 Å². The third-order valence-corrected chi connectivity index (χ3v) is 3.34. The van der Waals surface area contributed by atoms with Crippen LogP contribution in [0.2, 0.25) is 0 Å². The van der Waals surface area contributed by atoms with Gasteiger partial charge in [-0.2, -0.15) is 0 Å². The number of carbonyl (C=O) groups excluding carboxylic acids is 1. The molecule has 2 atom stereocenters. The smallest absolute Gasteiger partial charge is 0.223 e. The van der Waals surface area contributed by atoms with Gasteiger partial charge >= 0.3 is 0 Å². The van der Waals surface area contributed by atoms with Crippen LogP contribution in [0.1, 0.15) is 39.0 Å². The van der Waals surface area contributed by atoms with Crippen LogP contribution in [0.4, 0.5) is 0 Å². The van der Waals surface area contributed by atoms with E-state index in [1.54, 1.807) is 0 Å². The zero-order chi connectivity index (χ0) is 12.0. The summed E-state index contributed by atoms with van der Waals surface area (Å²) in [5.41, 5.74) is 5.53. The molecule has 4 nitrogen and oxygen atoms in total. The van der Waals surface area contributed by atoms with Gasteiger partial charge in [0.2, 0.25) is 5.91 Å². The first-order valence-corrected chi connectivity index (χ1v) is 6.29. The van der Waals surface area contributed by atoms with Gasteiger partial charge in [0.15, 0.2) is 0 Å². The molecule has 1 saturated heterocycles. The number of hydrogen-bond donors (Lipinski definition) is 2. The monoisotopic (exact) mass is 228 g/mol. The molecule has 0 saturated carbocycles. The van der Waals surface area contributed by atoms with Crippen molar-refractivity contribution in [1.29, 1.82) is 0 Å². The van der Waals surface area contributed by atoms with Crippen molar-refractivity contribution < 1.29 is 9.90 Å². The van der Waals surface area contributed by atoms with Gasteiger partial charge in [0, 0.05) is 25.6 Å². The van der Waals surface area contributed by atoms with Crippen LogP contribution in [0.15, 0.2) is 0 Å². The third-order valence-electron chi connectivity index (χ3n) is 3.34. The highest BCUT2D eigenvalue weighted by molar-refractivity contribution is 5.76. The Labute approximate surface area is 97.8 Å². The lowest BCUT2D eigenvalue weighted by molar-refractivity contribution is -0.136. The second-order valence-electron chi connectivity index (χ2n) is 4.79. The minimum Gasteiger partial charge on any atom is -0.396 e. The van der Waals surface area contributed by atoms with Crippen LogP contribution in [-0.4, -0.2) is 41.7 Å². The molecule has 3 N–H and O–H groups in total. The summed E-state index contributed by atoms with van der Waals surface area (Å²) in [5.74, 6) is 0.459. The van der Waals surface area contributed by atoms with Gasteiger partial charge in [-0.1, -0.05) is 6.92 Å². The molecule has 0 bridgehead atoms. The van der Waals surface area contributed by atoms with Crippen LogP contribution < -0.4 is 5.73 Å². The van der Waals surface area contributed by atoms with E-state index in [0.29, 0.717) is 19.4 Å². The number of aliphatic hydroxyl groups is 1. The SMILES string of the molecule is CC(CN)CC(=O)N1CCCCC1CCO. The molecule has 1 aliphatic rings. The number of aliphatic hydroxyl groups excluding tert-OH is 1. The number of hydrogen-bond acceptors (Lipinski definition) is 3. The van der Waals surface area contributed by atoms with Crippen molar-refractivity contribution in [3.8, 4) is 0 Å². The van der Waals surface area contributed by atoms with E-state index >= 15 is 0 Å². The number of nitrogens with zero attached hydrogens (tertiary/aromatic N) is 1. The largest absolute Gasteiger partial charge is 0.396 e. The quantitative estimate of drug-likeness (QED) is 0.729. The Morgan fingerprint density at radius 2 is 2.31 bits per heavy atom. The Bertz CT molecular complexity index is 219. The summed E-state index contributed by atoms with van der Waals surface area (Å²) in [6.45, 7) is 3.58. The van der Waals surface area contributed by atoms with E-state index in [2.05, 4.69) is 0 Å². The second-order valence-corrected chi connectivity index (χ2v) is 4.79. The molecule has 0 aromatic carbocycles. The fourth-order valence-corrected chi connectivity index (χ4v) is 2.28. The topological polar surface area (TPSA) is 66.6 Å². The summed E-state index contributed by atoms with van der Waals surface area (Å²) in [6.07, 6.45) is 4.54. The van der Waals surface area contributed by atoms with Gasteiger partial charge in [-0.15, -0.1) is 0 Å². The van der Waals surface area contributed by atoms with Crippen LogP contribution in [0.25, 0.3) is 0 Å². The summed E-state index contributed by atoms with van der Waals surface area (Å²) in [4.78, 5) is 14.0. The van der Waals surface area contributed by atoms with Crippen molar-refractivity contribution in [1.82, 2.24) is 4.90 Å². The number of nitrogens with two attached hydrogens (primary N) is 1. The Hall–Kier alpha value is -0.610. The fraction of sp³-hybridized carbons (Fsp3) is 0.917. The maximum absolute atomic E-state index is 12.0. The minimum atomic E-state index is 0.168. The van der Waals surface area contributed by atoms with Crippen LogP contribution in [0, 0.1) is 5.92 Å². The van der Waals surface area contributed by atoms with Gasteiger partial charge in [-0.3, -0.25) is 4.79 Å². The average molecular weight is 228 g/mol. The number of carbonyl (C=O) groups is 1. The van der Waals surface area contributed by atoms with Crippen LogP contribution in [0.5, 0.6) is 0 Å². The summed E-state index contributed by atoms with van der Waals surface area (Å²) in [7, 11) is 0. The molecule has 0 aliphatic carbocycles. The molecule has 2 unspecified atom stereocenters.